The van der Waals surface area contributed by atoms with Gasteiger partial charge in [0, 0.05) is 136 Å². The first-order chi connectivity index (χ1) is 63.1. The Bertz CT molecular complexity index is 7430. The highest BCUT2D eigenvalue weighted by Crippen LogP contribution is 2.46. The Kier molecular flexibility index (Phi) is 29.2. The minimum absolute atomic E-state index is 0.00538. The topological polar surface area (TPSA) is 433 Å². The van der Waals surface area contributed by atoms with Gasteiger partial charge in [0.05, 0.1) is 114 Å². The first kappa shape index (κ1) is 94.9. The third-order valence-electron chi connectivity index (χ3n) is 22.7. The van der Waals surface area contributed by atoms with Gasteiger partial charge in [-0.25, -0.2) is 39.7 Å². The minimum atomic E-state index is -0.368. The number of nitrogens with two attached hydrogens (primary N) is 7. The smallest absolute Gasteiger partial charge is 0.339 e. The predicted octanol–water partition coefficient (Wildman–Crippen LogP) is 23.1. The van der Waals surface area contributed by atoms with Crippen LogP contribution >= 0.6 is 79.4 Å². The van der Waals surface area contributed by atoms with Gasteiger partial charge in [0.15, 0.2) is 40.5 Å². The molecule has 14 aromatic heterocycles. The van der Waals surface area contributed by atoms with Gasteiger partial charge in [-0.2, -0.15) is 0 Å². The molecule has 3 aliphatic carbocycles. The zero-order valence-corrected chi connectivity index (χ0v) is 81.1. The number of anilines is 10. The number of nitrogen functional groups attached to an aromatic ring is 7. The lowest BCUT2D eigenvalue weighted by Crippen LogP contribution is -2.15. The molecule has 32 heteroatoms. The van der Waals surface area contributed by atoms with Crippen LogP contribution in [0, 0.1) is 20.8 Å². The van der Waals surface area contributed by atoms with E-state index in [1.54, 1.807) is 40.1 Å². The molecule has 3 aliphatic rings. The van der Waals surface area contributed by atoms with Crippen LogP contribution in [0.25, 0.3) is 93.9 Å². The van der Waals surface area contributed by atoms with Crippen molar-refractivity contribution in [3.8, 4) is 22.4 Å². The number of para-hydroxylation sites is 1. The van der Waals surface area contributed by atoms with Crippen LogP contribution in [0.2, 0.25) is 0 Å². The van der Waals surface area contributed by atoms with Gasteiger partial charge in [-0.3, -0.25) is 33.6 Å². The standard InChI is InChI=1S/C22H18N2OS.C16H18N2O3S.C15H13N3OS.C13H14N2OS.C12H12N2OS.C11H13N3OS.C11H12N2OS/c1-13-8-10-15(11-9-13)17-12-18(16-6-4-3-5-7-16)24-22-19(17)20(23)21(26-22)14(2)25;1-3-21-16(20)11-9-6-4-5-7-10(9)18-15-12(11)13(17)14(22-15)8(2)19;1-9(19)14-13(16)12-11(7-8-17-15(12)20-14)18-10-5-3-2-4-6-10;1-7(16)12-11(14)9-6-8-4-2-3-5-10(8)15-13(9)17-12;1-6(15)11-10(13)8-5-7-3-2-4-9(7)14-12(8)16-11;1-6(15)10-9(12)8-7(14(2)3)4-5-13-11(8)16-10;1-5-4-8-9(12)10(7(3)14)15-11(8)13-6(5)2/h3-12H,23H2,1-2H3;3-7,17H2,1-2H3;2-8H,16H2,1H3,(H,17,18);6H,2-5,14H2,1H3;5H,2-4,13H2,1H3;4-5H,12H2,1-3H3;4H,12H2,1-3H3. The molecule has 14 heterocycles. The number of pyridine rings is 7. The zero-order chi connectivity index (χ0) is 94.5. The molecule has 0 saturated carbocycles. The number of nitrogens with one attached hydrogen (secondary N) is 1. The number of benzene rings is 3. The van der Waals surface area contributed by atoms with E-state index in [4.69, 9.17) is 49.9 Å². The average Bonchev–Trinajstić information content (AvgIpc) is 1.58. The maximum absolute atomic E-state index is 12.5. The fourth-order valence-corrected chi connectivity index (χ4v) is 23.0. The number of aromatic nitrogens is 7. The molecule has 0 fully saturated rings. The lowest BCUT2D eigenvalue weighted by atomic mass is 9.90. The molecule has 0 amide bonds. The van der Waals surface area contributed by atoms with E-state index in [0.29, 0.717) is 96.3 Å². The molecule has 0 radical (unpaired) electrons. The van der Waals surface area contributed by atoms with Crippen molar-refractivity contribution in [3.63, 3.8) is 0 Å². The minimum Gasteiger partial charge on any atom is -0.462 e. The fraction of sp³-hybridized carbons (Fsp3) is 0.250. The summed E-state index contributed by atoms with van der Waals surface area (Å²) in [4.78, 5) is 137. The van der Waals surface area contributed by atoms with Crippen LogP contribution in [0.4, 0.5) is 56.9 Å². The fourth-order valence-electron chi connectivity index (χ4n) is 16.0. The molecule has 15 N–H and O–H groups in total. The number of carbonyl (C=O) groups is 8. The number of hydrogen-bond acceptors (Lipinski definition) is 32. The highest BCUT2D eigenvalue weighted by atomic mass is 32.1. The average molecular weight is 1890 g/mol. The molecule has 0 spiro atoms. The van der Waals surface area contributed by atoms with Crippen LogP contribution in [-0.2, 0) is 43.3 Å². The van der Waals surface area contributed by atoms with Crippen molar-refractivity contribution in [1.29, 1.82) is 0 Å². The molecule has 132 heavy (non-hydrogen) atoms. The van der Waals surface area contributed by atoms with Crippen LogP contribution in [0.1, 0.15) is 216 Å². The monoisotopic (exact) mass is 1890 g/mol. The number of aryl methyl sites for hydroxylation is 8. The summed E-state index contributed by atoms with van der Waals surface area (Å²) in [5.41, 5.74) is 63.7. The van der Waals surface area contributed by atoms with Crippen molar-refractivity contribution in [3.05, 3.63) is 224 Å². The third-order valence-corrected chi connectivity index (χ3v) is 31.2. The highest BCUT2D eigenvalue weighted by Gasteiger charge is 2.30. The van der Waals surface area contributed by atoms with Crippen LogP contribution in [0.5, 0.6) is 0 Å². The van der Waals surface area contributed by atoms with Crippen LogP contribution < -0.4 is 50.4 Å². The summed E-state index contributed by atoms with van der Waals surface area (Å²) in [6, 6.07) is 40.3. The first-order valence-electron chi connectivity index (χ1n) is 42.8. The Morgan fingerprint density at radius 1 is 0.394 bits per heavy atom. The largest absolute Gasteiger partial charge is 0.462 e. The molecule has 0 aliphatic heterocycles. The number of rotatable bonds is 14. The Labute approximate surface area is 790 Å². The lowest BCUT2D eigenvalue weighted by molar-refractivity contribution is 0.0525. The molecule has 0 saturated heterocycles. The van der Waals surface area contributed by atoms with Gasteiger partial charge in [0.1, 0.15) is 33.8 Å². The summed E-state index contributed by atoms with van der Waals surface area (Å²) < 4.78 is 5.22. The summed E-state index contributed by atoms with van der Waals surface area (Å²) >= 11 is 9.51. The second-order valence-electron chi connectivity index (χ2n) is 32.4. The van der Waals surface area contributed by atoms with E-state index in [0.717, 1.165) is 175 Å². The van der Waals surface area contributed by atoms with Crippen LogP contribution in [0.3, 0.4) is 0 Å². The second kappa shape index (κ2) is 40.7. The quantitative estimate of drug-likeness (QED) is 0.0370. The van der Waals surface area contributed by atoms with Crippen molar-refractivity contribution in [2.75, 3.05) is 71.1 Å². The molecule has 676 valence electrons. The summed E-state index contributed by atoms with van der Waals surface area (Å²) in [6.45, 7) is 18.8. The second-order valence-corrected chi connectivity index (χ2v) is 39.4. The molecule has 3 aromatic carbocycles. The van der Waals surface area contributed by atoms with Crippen molar-refractivity contribution >= 4 is 254 Å². The van der Waals surface area contributed by atoms with E-state index in [2.05, 4.69) is 84.6 Å². The van der Waals surface area contributed by atoms with Gasteiger partial charge in [-0.15, -0.1) is 79.4 Å². The van der Waals surface area contributed by atoms with E-state index in [9.17, 15) is 38.4 Å². The van der Waals surface area contributed by atoms with Gasteiger partial charge < -0.3 is 55.1 Å². The van der Waals surface area contributed by atoms with E-state index in [1.807, 2.05) is 112 Å². The molecule has 17 aromatic rings. The first-order valence-corrected chi connectivity index (χ1v) is 48.6. The van der Waals surface area contributed by atoms with Crippen molar-refractivity contribution in [1.82, 2.24) is 34.9 Å². The Morgan fingerprint density at radius 2 is 0.803 bits per heavy atom. The van der Waals surface area contributed by atoms with Gasteiger partial charge in [-0.05, 0) is 180 Å². The van der Waals surface area contributed by atoms with Gasteiger partial charge >= 0.3 is 5.97 Å². The third kappa shape index (κ3) is 20.0. The molecule has 20 rings (SSSR count). The number of Topliss-reactive ketones (excluding diaryl/α,β-unsaturated/α-hetero) is 7. The summed E-state index contributed by atoms with van der Waals surface area (Å²) in [5, 5.41) is 9.27. The maximum Gasteiger partial charge on any atom is 0.339 e. The highest BCUT2D eigenvalue weighted by molar-refractivity contribution is 7.23. The van der Waals surface area contributed by atoms with E-state index in [1.165, 1.54) is 154 Å². The van der Waals surface area contributed by atoms with E-state index >= 15 is 0 Å². The predicted molar refractivity (Wildman–Crippen MR) is 549 cm³/mol. The Morgan fingerprint density at radius 3 is 1.33 bits per heavy atom. The van der Waals surface area contributed by atoms with Gasteiger partial charge in [0.2, 0.25) is 0 Å². The molecule has 0 unspecified atom stereocenters. The number of hydrogen-bond donors (Lipinski definition) is 8. The SMILES string of the molecule is CC(=O)c1sc2nc(-c3ccccc3)cc(-c3ccc(C)cc3)c2c1N.CC(=O)c1sc2nc(C)c(C)cc2c1N.CC(=O)c1sc2nc3c(cc2c1N)CCC3.CC(=O)c1sc2nc3c(cc2c1N)CCCC3.CC(=O)c1sc2nccc(N(C)C)c2c1N.CC(=O)c1sc2nccc(Nc3ccccc3)c2c1N.CCOC(=O)c1c2c(nc3sc(C(C)=O)c(N)c13)CCCC2. The van der Waals surface area contributed by atoms with Gasteiger partial charge in [-0.1, -0.05) is 78.4 Å². The number of thiophene rings is 7. The normalized spacial score (nSPS) is 12.3. The molecular weight excluding hydrogens is 1790 g/mol. The van der Waals surface area contributed by atoms with Crippen molar-refractivity contribution in [2.45, 2.75) is 147 Å². The Hall–Kier alpha value is -13.2. The molecule has 0 bridgehead atoms. The number of esters is 1. The molecule has 0 atom stereocenters. The summed E-state index contributed by atoms with van der Waals surface area (Å²) in [7, 11) is 3.89. The van der Waals surface area contributed by atoms with Crippen molar-refractivity contribution in [2.24, 2.45) is 0 Å². The number of ether oxygens (including phenoxy) is 1. The number of fused-ring (bicyclic) bond motifs is 10. The van der Waals surface area contributed by atoms with E-state index < -0.39 is 0 Å². The zero-order valence-electron chi connectivity index (χ0n) is 75.3. The van der Waals surface area contributed by atoms with Crippen LogP contribution in [0.15, 0.2) is 134 Å². The lowest BCUT2D eigenvalue weighted by Gasteiger charge is -2.18. The number of nitrogens with zero attached hydrogens (tertiary/aromatic N) is 8. The molecule has 25 nitrogen and oxygen atoms in total. The Balaban J connectivity index is 0.000000125. The van der Waals surface area contributed by atoms with Crippen molar-refractivity contribution < 1.29 is 43.1 Å². The summed E-state index contributed by atoms with van der Waals surface area (Å²) in [6.07, 6.45) is 15.1. The van der Waals surface area contributed by atoms with E-state index in [-0.39, 0.29) is 46.5 Å². The van der Waals surface area contributed by atoms with Gasteiger partial charge in [0.25, 0.3) is 0 Å². The maximum atomic E-state index is 12.5. The summed E-state index contributed by atoms with van der Waals surface area (Å²) in [5.74, 6) is -0.473. The number of carbonyl (C=O) groups excluding carboxylic acids is 8. The molecular formula is C100H100N16O9S7. The number of ketones is 7. The van der Waals surface area contributed by atoms with Crippen LogP contribution in [-0.4, -0.2) is 102 Å².